The fourth-order valence-electron chi connectivity index (χ4n) is 1.26. The van der Waals surface area contributed by atoms with E-state index in [0.717, 1.165) is 13.2 Å². The van der Waals surface area contributed by atoms with Gasteiger partial charge in [-0.15, -0.1) is 11.3 Å². The maximum absolute atomic E-state index is 5.06. The van der Waals surface area contributed by atoms with Gasteiger partial charge in [0.15, 0.2) is 0 Å². The van der Waals surface area contributed by atoms with Crippen LogP contribution in [-0.2, 0) is 11.3 Å². The molecule has 0 saturated carbocycles. The zero-order chi connectivity index (χ0) is 11.3. The van der Waals surface area contributed by atoms with Gasteiger partial charge in [0.2, 0.25) is 0 Å². The second-order valence-electron chi connectivity index (χ2n) is 4.06. The Kier molecular flexibility index (Phi) is 5.22. The monoisotopic (exact) mass is 228 g/mol. The number of ether oxygens (including phenoxy) is 1. The molecule has 0 spiro atoms. The summed E-state index contributed by atoms with van der Waals surface area (Å²) in [4.78, 5) is 5.68. The highest BCUT2D eigenvalue weighted by Crippen LogP contribution is 2.20. The molecular formula is C11H20N2OS. The topological polar surface area (TPSA) is 34.1 Å². The average molecular weight is 228 g/mol. The van der Waals surface area contributed by atoms with Crippen molar-refractivity contribution in [1.82, 2.24) is 10.3 Å². The largest absolute Gasteiger partial charge is 0.383 e. The van der Waals surface area contributed by atoms with Crippen LogP contribution in [0.3, 0.4) is 0 Å². The van der Waals surface area contributed by atoms with Crippen molar-refractivity contribution in [3.8, 4) is 0 Å². The maximum atomic E-state index is 5.06. The molecule has 0 amide bonds. The summed E-state index contributed by atoms with van der Waals surface area (Å²) in [6, 6.07) is 0.389. The van der Waals surface area contributed by atoms with Gasteiger partial charge >= 0.3 is 0 Å². The first kappa shape index (κ1) is 12.6. The zero-order valence-electron chi connectivity index (χ0n) is 9.91. The fourth-order valence-corrected chi connectivity index (χ4v) is 2.13. The molecule has 0 fully saturated rings. The van der Waals surface area contributed by atoms with Gasteiger partial charge in [-0.25, -0.2) is 4.98 Å². The van der Waals surface area contributed by atoms with E-state index in [1.165, 1.54) is 9.88 Å². The summed E-state index contributed by atoms with van der Waals surface area (Å²) in [6.07, 6.45) is 1.96. The van der Waals surface area contributed by atoms with Gasteiger partial charge in [-0.1, -0.05) is 13.8 Å². The van der Waals surface area contributed by atoms with Crippen molar-refractivity contribution >= 4 is 11.3 Å². The van der Waals surface area contributed by atoms with E-state index in [0.29, 0.717) is 12.0 Å². The van der Waals surface area contributed by atoms with Gasteiger partial charge in [0.25, 0.3) is 0 Å². The van der Waals surface area contributed by atoms with Crippen molar-refractivity contribution in [2.24, 2.45) is 0 Å². The molecule has 1 atom stereocenters. The van der Waals surface area contributed by atoms with Gasteiger partial charge in [-0.3, -0.25) is 0 Å². The minimum absolute atomic E-state index is 0.389. The zero-order valence-corrected chi connectivity index (χ0v) is 10.7. The second-order valence-corrected chi connectivity index (χ2v) is 5.20. The van der Waals surface area contributed by atoms with Crippen LogP contribution in [0.5, 0.6) is 0 Å². The van der Waals surface area contributed by atoms with E-state index in [1.807, 2.05) is 6.20 Å². The summed E-state index contributed by atoms with van der Waals surface area (Å²) in [5.41, 5.74) is 0. The quantitative estimate of drug-likeness (QED) is 0.812. The molecule has 1 rings (SSSR count). The van der Waals surface area contributed by atoms with Crippen LogP contribution in [-0.4, -0.2) is 24.7 Å². The van der Waals surface area contributed by atoms with Crippen molar-refractivity contribution in [2.75, 3.05) is 13.7 Å². The van der Waals surface area contributed by atoms with E-state index in [4.69, 9.17) is 4.74 Å². The molecule has 0 saturated heterocycles. The third-order valence-electron chi connectivity index (χ3n) is 2.11. The van der Waals surface area contributed by atoms with Crippen LogP contribution in [0, 0.1) is 0 Å². The lowest BCUT2D eigenvalue weighted by Crippen LogP contribution is -2.29. The molecule has 1 unspecified atom stereocenters. The lowest BCUT2D eigenvalue weighted by molar-refractivity contribution is 0.172. The third-order valence-corrected chi connectivity index (χ3v) is 3.40. The van der Waals surface area contributed by atoms with Crippen molar-refractivity contribution < 1.29 is 4.74 Å². The Morgan fingerprint density at radius 2 is 2.20 bits per heavy atom. The van der Waals surface area contributed by atoms with Crippen LogP contribution in [0.25, 0.3) is 0 Å². The van der Waals surface area contributed by atoms with Crippen LogP contribution in [0.1, 0.15) is 36.6 Å². The number of thiazole rings is 1. The minimum atomic E-state index is 0.389. The fraction of sp³-hybridized carbons (Fsp3) is 0.727. The van der Waals surface area contributed by atoms with Gasteiger partial charge in [0.05, 0.1) is 11.6 Å². The SMILES string of the molecule is COCC(C)NCc1cnc(C(C)C)s1. The standard InChI is InChI=1S/C11H20N2OS/c1-8(2)11-13-6-10(15-11)5-12-9(3)7-14-4/h6,8-9,12H,5,7H2,1-4H3. The van der Waals surface area contributed by atoms with Crippen molar-refractivity contribution in [2.45, 2.75) is 39.3 Å². The van der Waals surface area contributed by atoms with Crippen molar-refractivity contribution in [1.29, 1.82) is 0 Å². The Labute approximate surface area is 95.9 Å². The van der Waals surface area contributed by atoms with Crippen LogP contribution >= 0.6 is 11.3 Å². The predicted octanol–water partition coefficient (Wildman–Crippen LogP) is 2.39. The molecule has 0 radical (unpaired) electrons. The number of methoxy groups -OCH3 is 1. The Morgan fingerprint density at radius 3 is 2.73 bits per heavy atom. The molecule has 0 aliphatic heterocycles. The van der Waals surface area contributed by atoms with Gasteiger partial charge in [0, 0.05) is 36.7 Å². The number of hydrogen-bond acceptors (Lipinski definition) is 4. The molecule has 1 aromatic heterocycles. The summed E-state index contributed by atoms with van der Waals surface area (Å²) in [5, 5.41) is 4.61. The second kappa shape index (κ2) is 6.20. The van der Waals surface area contributed by atoms with Crippen molar-refractivity contribution in [3.63, 3.8) is 0 Å². The number of hydrogen-bond donors (Lipinski definition) is 1. The van der Waals surface area contributed by atoms with Crippen LogP contribution in [0.4, 0.5) is 0 Å². The molecule has 4 heteroatoms. The molecule has 3 nitrogen and oxygen atoms in total. The van der Waals surface area contributed by atoms with E-state index in [9.17, 15) is 0 Å². The van der Waals surface area contributed by atoms with Gasteiger partial charge in [0.1, 0.15) is 0 Å². The Bertz CT molecular complexity index is 286. The minimum Gasteiger partial charge on any atom is -0.383 e. The summed E-state index contributed by atoms with van der Waals surface area (Å²) in [6.45, 7) is 8.09. The number of nitrogens with one attached hydrogen (secondary N) is 1. The molecular weight excluding hydrogens is 208 g/mol. The summed E-state index contributed by atoms with van der Waals surface area (Å²) in [5.74, 6) is 0.528. The lowest BCUT2D eigenvalue weighted by Gasteiger charge is -2.10. The Balaban J connectivity index is 2.37. The van der Waals surface area contributed by atoms with Gasteiger partial charge in [-0.2, -0.15) is 0 Å². The maximum Gasteiger partial charge on any atom is 0.0953 e. The van der Waals surface area contributed by atoms with Gasteiger partial charge < -0.3 is 10.1 Å². The average Bonchev–Trinajstić information content (AvgIpc) is 2.63. The lowest BCUT2D eigenvalue weighted by atomic mass is 10.2. The summed E-state index contributed by atoms with van der Waals surface area (Å²) >= 11 is 1.79. The third kappa shape index (κ3) is 4.28. The molecule has 0 aliphatic carbocycles. The van der Waals surface area contributed by atoms with Gasteiger partial charge in [-0.05, 0) is 6.92 Å². The summed E-state index contributed by atoms with van der Waals surface area (Å²) < 4.78 is 5.06. The smallest absolute Gasteiger partial charge is 0.0953 e. The molecule has 86 valence electrons. The predicted molar refractivity (Wildman–Crippen MR) is 64.4 cm³/mol. The summed E-state index contributed by atoms with van der Waals surface area (Å²) in [7, 11) is 1.72. The Hall–Kier alpha value is -0.450. The first-order valence-electron chi connectivity index (χ1n) is 5.30. The van der Waals surface area contributed by atoms with Crippen molar-refractivity contribution in [3.05, 3.63) is 16.1 Å². The molecule has 0 aromatic carbocycles. The molecule has 1 heterocycles. The van der Waals surface area contributed by atoms with E-state index in [2.05, 4.69) is 31.1 Å². The van der Waals surface area contributed by atoms with E-state index in [1.54, 1.807) is 18.4 Å². The van der Waals surface area contributed by atoms with Crippen LogP contribution in [0.15, 0.2) is 6.20 Å². The highest BCUT2D eigenvalue weighted by molar-refractivity contribution is 7.11. The first-order chi connectivity index (χ1) is 7.13. The highest BCUT2D eigenvalue weighted by atomic mass is 32.1. The molecule has 0 bridgehead atoms. The van der Waals surface area contributed by atoms with Crippen LogP contribution < -0.4 is 5.32 Å². The normalized spacial score (nSPS) is 13.4. The molecule has 15 heavy (non-hydrogen) atoms. The molecule has 0 aliphatic rings. The van der Waals surface area contributed by atoms with E-state index in [-0.39, 0.29) is 0 Å². The number of nitrogens with zero attached hydrogens (tertiary/aromatic N) is 1. The number of aromatic nitrogens is 1. The Morgan fingerprint density at radius 1 is 1.47 bits per heavy atom. The van der Waals surface area contributed by atoms with E-state index < -0.39 is 0 Å². The van der Waals surface area contributed by atoms with E-state index >= 15 is 0 Å². The number of rotatable bonds is 6. The first-order valence-corrected chi connectivity index (χ1v) is 6.12. The highest BCUT2D eigenvalue weighted by Gasteiger charge is 2.06. The molecule has 1 aromatic rings. The van der Waals surface area contributed by atoms with Crippen LogP contribution in [0.2, 0.25) is 0 Å². The molecule has 1 N–H and O–H groups in total.